The number of aromatic nitrogens is 3. The van der Waals surface area contributed by atoms with E-state index in [0.29, 0.717) is 30.8 Å². The lowest BCUT2D eigenvalue weighted by Crippen LogP contribution is -2.47. The number of anilines is 1. The highest BCUT2D eigenvalue weighted by Gasteiger charge is 2.16. The first kappa shape index (κ1) is 16.1. The van der Waals surface area contributed by atoms with Gasteiger partial charge in [0.1, 0.15) is 6.33 Å². The van der Waals surface area contributed by atoms with Gasteiger partial charge in [-0.05, 0) is 29.8 Å². The molecule has 2 amide bonds. The monoisotopic (exact) mass is 350 g/mol. The fraction of sp³-hybridized carbons (Fsp3) is 0.222. The van der Waals surface area contributed by atoms with Gasteiger partial charge in [-0.1, -0.05) is 12.1 Å². The lowest BCUT2D eigenvalue weighted by atomic mass is 10.1. The molecular weight excluding hydrogens is 332 g/mol. The van der Waals surface area contributed by atoms with Crippen molar-refractivity contribution < 1.29 is 9.59 Å². The van der Waals surface area contributed by atoms with Crippen LogP contribution in [0.15, 0.2) is 48.9 Å². The van der Waals surface area contributed by atoms with Crippen LogP contribution in [0.25, 0.3) is 5.65 Å². The Labute approximate surface area is 149 Å². The van der Waals surface area contributed by atoms with Gasteiger partial charge in [0, 0.05) is 31.5 Å². The van der Waals surface area contributed by atoms with Crippen LogP contribution in [0.5, 0.6) is 0 Å². The van der Waals surface area contributed by atoms with Crippen LogP contribution in [0.1, 0.15) is 15.9 Å². The van der Waals surface area contributed by atoms with E-state index in [-0.39, 0.29) is 11.8 Å². The van der Waals surface area contributed by atoms with Crippen LogP contribution < -0.4 is 15.5 Å². The summed E-state index contributed by atoms with van der Waals surface area (Å²) in [7, 11) is 0. The van der Waals surface area contributed by atoms with Crippen molar-refractivity contribution in [2.75, 3.05) is 24.5 Å². The van der Waals surface area contributed by atoms with Crippen molar-refractivity contribution in [3.63, 3.8) is 0 Å². The zero-order valence-electron chi connectivity index (χ0n) is 14.1. The van der Waals surface area contributed by atoms with Crippen molar-refractivity contribution in [3.05, 3.63) is 60.0 Å². The number of amides is 2. The molecule has 1 saturated heterocycles. The number of nitrogens with zero attached hydrogens (tertiary/aromatic N) is 4. The molecule has 0 unspecified atom stereocenters. The first-order valence-electron chi connectivity index (χ1n) is 8.37. The molecule has 1 fully saturated rings. The number of nitrogens with one attached hydrogen (secondary N) is 2. The molecule has 0 saturated carbocycles. The number of piperazine rings is 1. The molecule has 1 aliphatic rings. The minimum absolute atomic E-state index is 0.0395. The zero-order chi connectivity index (χ0) is 17.9. The molecule has 3 aromatic rings. The molecule has 4 rings (SSSR count). The van der Waals surface area contributed by atoms with E-state index >= 15 is 0 Å². The second-order valence-electron chi connectivity index (χ2n) is 6.13. The van der Waals surface area contributed by atoms with Gasteiger partial charge in [-0.2, -0.15) is 0 Å². The van der Waals surface area contributed by atoms with E-state index in [4.69, 9.17) is 0 Å². The quantitative estimate of drug-likeness (QED) is 0.719. The smallest absolute Gasteiger partial charge is 0.253 e. The van der Waals surface area contributed by atoms with Gasteiger partial charge in [-0.25, -0.2) is 0 Å². The molecule has 8 nitrogen and oxygen atoms in total. The number of fused-ring (bicyclic) bond motifs is 1. The Bertz CT molecular complexity index is 950. The third-order valence-electron chi connectivity index (χ3n) is 4.35. The van der Waals surface area contributed by atoms with Gasteiger partial charge < -0.3 is 15.5 Å². The maximum absolute atomic E-state index is 12.3. The first-order chi connectivity index (χ1) is 12.7. The van der Waals surface area contributed by atoms with Crippen molar-refractivity contribution in [1.29, 1.82) is 0 Å². The average Bonchev–Trinajstić information content (AvgIpc) is 3.14. The lowest BCUT2D eigenvalue weighted by Gasteiger charge is -2.28. The molecule has 26 heavy (non-hydrogen) atoms. The van der Waals surface area contributed by atoms with E-state index in [0.717, 1.165) is 17.8 Å². The van der Waals surface area contributed by atoms with Crippen molar-refractivity contribution in [3.8, 4) is 0 Å². The SMILES string of the molecule is O=C1CN(c2ccc(CNC(=O)c3ccc4nncn4c3)cc2)CCN1. The normalized spacial score (nSPS) is 14.3. The van der Waals surface area contributed by atoms with Crippen LogP contribution in [-0.4, -0.2) is 46.0 Å². The van der Waals surface area contributed by atoms with Gasteiger partial charge in [0.2, 0.25) is 5.91 Å². The molecule has 3 heterocycles. The highest BCUT2D eigenvalue weighted by Crippen LogP contribution is 2.16. The van der Waals surface area contributed by atoms with E-state index in [2.05, 4.69) is 20.8 Å². The number of rotatable bonds is 4. The maximum Gasteiger partial charge on any atom is 0.253 e. The van der Waals surface area contributed by atoms with Crippen LogP contribution in [-0.2, 0) is 11.3 Å². The van der Waals surface area contributed by atoms with Gasteiger partial charge in [-0.15, -0.1) is 10.2 Å². The minimum Gasteiger partial charge on any atom is -0.360 e. The summed E-state index contributed by atoms with van der Waals surface area (Å²) >= 11 is 0. The molecule has 1 aromatic carbocycles. The summed E-state index contributed by atoms with van der Waals surface area (Å²) in [5.41, 5.74) is 3.25. The Hall–Kier alpha value is -3.42. The average molecular weight is 350 g/mol. The van der Waals surface area contributed by atoms with Crippen LogP contribution in [0.3, 0.4) is 0 Å². The summed E-state index contributed by atoms with van der Waals surface area (Å²) in [5, 5.41) is 13.4. The molecule has 8 heteroatoms. The van der Waals surface area contributed by atoms with Crippen molar-refractivity contribution >= 4 is 23.1 Å². The summed E-state index contributed by atoms with van der Waals surface area (Å²) in [5.74, 6) is -0.116. The van der Waals surface area contributed by atoms with Crippen molar-refractivity contribution in [1.82, 2.24) is 25.2 Å². The highest BCUT2D eigenvalue weighted by atomic mass is 16.2. The largest absolute Gasteiger partial charge is 0.360 e. The Balaban J connectivity index is 1.38. The Morgan fingerprint density at radius 2 is 2.04 bits per heavy atom. The third kappa shape index (κ3) is 3.34. The summed E-state index contributed by atoms with van der Waals surface area (Å²) in [6.07, 6.45) is 3.26. The molecule has 0 aliphatic carbocycles. The Morgan fingerprint density at radius 3 is 2.85 bits per heavy atom. The molecule has 0 atom stereocenters. The molecule has 1 aliphatic heterocycles. The van der Waals surface area contributed by atoms with Crippen LogP contribution in [0.4, 0.5) is 5.69 Å². The van der Waals surface area contributed by atoms with E-state index in [9.17, 15) is 9.59 Å². The maximum atomic E-state index is 12.3. The second kappa shape index (κ2) is 6.83. The van der Waals surface area contributed by atoms with Crippen LogP contribution in [0.2, 0.25) is 0 Å². The van der Waals surface area contributed by atoms with E-state index in [1.807, 2.05) is 29.2 Å². The number of hydrogen-bond donors (Lipinski definition) is 2. The molecule has 2 N–H and O–H groups in total. The fourth-order valence-corrected chi connectivity index (χ4v) is 2.93. The summed E-state index contributed by atoms with van der Waals surface area (Å²) in [4.78, 5) is 25.8. The summed E-state index contributed by atoms with van der Waals surface area (Å²) in [6, 6.07) is 11.4. The number of benzene rings is 1. The predicted molar refractivity (Wildman–Crippen MR) is 95.8 cm³/mol. The molecule has 0 bridgehead atoms. The number of carbonyl (C=O) groups is 2. The van der Waals surface area contributed by atoms with Gasteiger partial charge in [0.15, 0.2) is 5.65 Å². The minimum atomic E-state index is -0.155. The molecular formula is C18H18N6O2. The third-order valence-corrected chi connectivity index (χ3v) is 4.35. The number of pyridine rings is 1. The van der Waals surface area contributed by atoms with Gasteiger partial charge in [0.25, 0.3) is 5.91 Å². The van der Waals surface area contributed by atoms with Gasteiger partial charge in [-0.3, -0.25) is 14.0 Å². The van der Waals surface area contributed by atoms with Crippen LogP contribution in [0, 0.1) is 0 Å². The first-order valence-corrected chi connectivity index (χ1v) is 8.37. The van der Waals surface area contributed by atoms with Crippen LogP contribution >= 0.6 is 0 Å². The van der Waals surface area contributed by atoms with Crippen molar-refractivity contribution in [2.45, 2.75) is 6.54 Å². The van der Waals surface area contributed by atoms with E-state index in [1.165, 1.54) is 0 Å². The molecule has 0 radical (unpaired) electrons. The fourth-order valence-electron chi connectivity index (χ4n) is 2.93. The highest BCUT2D eigenvalue weighted by molar-refractivity contribution is 5.94. The zero-order valence-corrected chi connectivity index (χ0v) is 14.1. The molecule has 0 spiro atoms. The van der Waals surface area contributed by atoms with E-state index < -0.39 is 0 Å². The van der Waals surface area contributed by atoms with Crippen molar-refractivity contribution in [2.24, 2.45) is 0 Å². The Kier molecular flexibility index (Phi) is 4.22. The standard InChI is InChI=1S/C18H18N6O2/c25-17-11-23(8-7-19-17)15-4-1-13(2-5-15)9-20-18(26)14-3-6-16-22-21-12-24(16)10-14/h1-6,10,12H,7-9,11H2,(H,19,25)(H,20,26). The summed E-state index contributed by atoms with van der Waals surface area (Å²) in [6.45, 7) is 2.27. The number of carbonyl (C=O) groups excluding carboxylic acids is 2. The van der Waals surface area contributed by atoms with Gasteiger partial charge in [0.05, 0.1) is 12.1 Å². The molecule has 2 aromatic heterocycles. The molecule has 132 valence electrons. The topological polar surface area (TPSA) is 91.6 Å². The lowest BCUT2D eigenvalue weighted by molar-refractivity contribution is -0.120. The Morgan fingerprint density at radius 1 is 1.19 bits per heavy atom. The summed E-state index contributed by atoms with van der Waals surface area (Å²) < 4.78 is 1.71. The number of hydrogen-bond acceptors (Lipinski definition) is 5. The predicted octanol–water partition coefficient (Wildman–Crippen LogP) is 0.595. The van der Waals surface area contributed by atoms with E-state index in [1.54, 1.807) is 29.1 Å². The second-order valence-corrected chi connectivity index (χ2v) is 6.13. The van der Waals surface area contributed by atoms with Gasteiger partial charge >= 0.3 is 0 Å².